The molecule has 170 valence electrons. The van der Waals surface area contributed by atoms with Crippen LogP contribution in [0.25, 0.3) is 23.2 Å². The number of carbonyl (C=O) groups excluding carboxylic acids is 1. The number of nitrogens with zero attached hydrogens (tertiary/aromatic N) is 6. The van der Waals surface area contributed by atoms with Gasteiger partial charge in [0.25, 0.3) is 0 Å². The van der Waals surface area contributed by atoms with Gasteiger partial charge in [0.1, 0.15) is 23.8 Å². The number of hydrogen-bond donors (Lipinski definition) is 0. The lowest BCUT2D eigenvalue weighted by molar-refractivity contribution is -0.150. The maximum atomic E-state index is 13.0. The molecule has 0 aromatic carbocycles. The first-order chi connectivity index (χ1) is 15.4. The minimum atomic E-state index is -5.14. The van der Waals surface area contributed by atoms with E-state index in [2.05, 4.69) is 24.8 Å². The molecule has 3 heterocycles. The summed E-state index contributed by atoms with van der Waals surface area (Å²) in [6, 6.07) is 3.91. The van der Waals surface area contributed by atoms with Crippen molar-refractivity contribution in [1.29, 1.82) is 5.26 Å². The summed E-state index contributed by atoms with van der Waals surface area (Å²) in [5.41, 5.74) is -4.01. The highest BCUT2D eigenvalue weighted by molar-refractivity contribution is 6.20. The average molecular weight is 468 g/mol. The van der Waals surface area contributed by atoms with E-state index in [1.165, 1.54) is 18.5 Å². The Balaban J connectivity index is 2.09. The molecule has 0 radical (unpaired) electrons. The van der Waals surface area contributed by atoms with Gasteiger partial charge in [0.05, 0.1) is 18.2 Å². The Hall–Kier alpha value is -4.28. The first kappa shape index (κ1) is 23.4. The minimum Gasteiger partial charge on any atom is -0.465 e. The fourth-order valence-corrected chi connectivity index (χ4v) is 2.56. The van der Waals surface area contributed by atoms with E-state index in [-0.39, 0.29) is 16.7 Å². The summed E-state index contributed by atoms with van der Waals surface area (Å²) >= 11 is 0. The zero-order valence-electron chi connectivity index (χ0n) is 16.3. The molecule has 0 aliphatic rings. The Labute approximate surface area is 180 Å². The van der Waals surface area contributed by atoms with Crippen LogP contribution in [0.15, 0.2) is 36.9 Å². The molecule has 33 heavy (non-hydrogen) atoms. The second kappa shape index (κ2) is 8.69. The van der Waals surface area contributed by atoms with Crippen LogP contribution in [0.4, 0.5) is 26.3 Å². The average Bonchev–Trinajstić information content (AvgIpc) is 3.24. The van der Waals surface area contributed by atoms with E-state index >= 15 is 0 Å². The molecule has 0 bridgehead atoms. The van der Waals surface area contributed by atoms with Crippen LogP contribution in [0.3, 0.4) is 0 Å². The van der Waals surface area contributed by atoms with E-state index in [0.717, 1.165) is 24.3 Å². The Morgan fingerprint density at radius 2 is 1.73 bits per heavy atom. The molecule has 0 atom stereocenters. The number of halogens is 6. The number of esters is 1. The van der Waals surface area contributed by atoms with E-state index < -0.39 is 41.1 Å². The maximum absolute atomic E-state index is 13.0. The van der Waals surface area contributed by atoms with Gasteiger partial charge in [-0.05, 0) is 18.2 Å². The first-order valence-electron chi connectivity index (χ1n) is 8.66. The predicted octanol–water partition coefficient (Wildman–Crippen LogP) is 3.82. The van der Waals surface area contributed by atoms with Gasteiger partial charge in [0.2, 0.25) is 0 Å². The van der Waals surface area contributed by atoms with Crippen molar-refractivity contribution in [3.63, 3.8) is 0 Å². The van der Waals surface area contributed by atoms with Gasteiger partial charge in [-0.15, -0.1) is 5.10 Å². The lowest BCUT2D eigenvalue weighted by Gasteiger charge is -2.11. The van der Waals surface area contributed by atoms with Crippen molar-refractivity contribution in [1.82, 2.24) is 24.7 Å². The molecule has 0 N–H and O–H groups in total. The maximum Gasteiger partial charge on any atom is 0.433 e. The smallest absolute Gasteiger partial charge is 0.433 e. The highest BCUT2D eigenvalue weighted by Gasteiger charge is 2.39. The van der Waals surface area contributed by atoms with Crippen LogP contribution in [-0.2, 0) is 21.9 Å². The fourth-order valence-electron chi connectivity index (χ4n) is 2.56. The third kappa shape index (κ3) is 5.32. The van der Waals surface area contributed by atoms with Gasteiger partial charge in [-0.25, -0.2) is 19.4 Å². The third-order valence-corrected chi connectivity index (χ3v) is 4.02. The quantitative estimate of drug-likeness (QED) is 0.326. The summed E-state index contributed by atoms with van der Waals surface area (Å²) in [6.07, 6.45) is -5.77. The molecule has 3 rings (SSSR count). The van der Waals surface area contributed by atoms with Gasteiger partial charge < -0.3 is 4.74 Å². The van der Waals surface area contributed by atoms with Crippen molar-refractivity contribution in [3.8, 4) is 17.5 Å². The number of carbonyl (C=O) groups is 1. The van der Waals surface area contributed by atoms with Crippen LogP contribution < -0.4 is 0 Å². The lowest BCUT2D eigenvalue weighted by Crippen LogP contribution is -2.15. The second-order valence-electron chi connectivity index (χ2n) is 6.28. The molecular formula is C19H10F6N6O2. The summed E-state index contributed by atoms with van der Waals surface area (Å²) in [4.78, 5) is 22.3. The Kier molecular flexibility index (Phi) is 6.16. The van der Waals surface area contributed by atoms with Crippen LogP contribution in [0.5, 0.6) is 0 Å². The van der Waals surface area contributed by atoms with Crippen molar-refractivity contribution in [2.45, 2.75) is 12.4 Å². The van der Waals surface area contributed by atoms with Crippen LogP contribution in [0.2, 0.25) is 0 Å². The molecule has 0 aliphatic carbocycles. The molecule has 14 heteroatoms. The number of aromatic nitrogens is 5. The molecule has 0 saturated heterocycles. The van der Waals surface area contributed by atoms with Gasteiger partial charge in [-0.2, -0.15) is 31.6 Å². The number of alkyl halides is 6. The molecule has 3 aromatic rings. The fraction of sp³-hybridized carbons (Fsp3) is 0.158. The topological polar surface area (TPSA) is 107 Å². The number of rotatable bonds is 4. The van der Waals surface area contributed by atoms with Gasteiger partial charge in [0, 0.05) is 29.7 Å². The van der Waals surface area contributed by atoms with Crippen LogP contribution >= 0.6 is 0 Å². The summed E-state index contributed by atoms with van der Waals surface area (Å²) in [5.74, 6) is -1.36. The molecule has 0 spiro atoms. The van der Waals surface area contributed by atoms with E-state index in [0.29, 0.717) is 12.1 Å². The van der Waals surface area contributed by atoms with Crippen molar-refractivity contribution >= 4 is 17.7 Å². The van der Waals surface area contributed by atoms with E-state index in [9.17, 15) is 31.1 Å². The highest BCUT2D eigenvalue weighted by Crippen LogP contribution is 2.35. The first-order valence-corrected chi connectivity index (χ1v) is 8.66. The molecule has 0 unspecified atom stereocenters. The number of hydrogen-bond acceptors (Lipinski definition) is 7. The van der Waals surface area contributed by atoms with E-state index in [1.807, 2.05) is 6.07 Å². The predicted molar refractivity (Wildman–Crippen MR) is 98.4 cm³/mol. The van der Waals surface area contributed by atoms with Crippen LogP contribution in [-0.4, -0.2) is 37.8 Å². The molecule has 0 saturated carbocycles. The van der Waals surface area contributed by atoms with Gasteiger partial charge in [0.15, 0.2) is 5.82 Å². The summed E-state index contributed by atoms with van der Waals surface area (Å²) < 4.78 is 83.8. The number of ether oxygens (including phenoxy) is 1. The summed E-state index contributed by atoms with van der Waals surface area (Å²) in [7, 11) is 1.08. The Morgan fingerprint density at radius 3 is 2.27 bits per heavy atom. The molecule has 3 aromatic heterocycles. The van der Waals surface area contributed by atoms with Gasteiger partial charge in [-0.3, -0.25) is 4.98 Å². The SMILES string of the molecule is COC(=O)/C(=C/n1cnc(-c2cc(C(F)(F)F)nc(C(F)(F)F)c2)n1)c1cncc(C#N)c1. The number of methoxy groups -OCH3 is 1. The van der Waals surface area contributed by atoms with Crippen molar-refractivity contribution in [3.05, 3.63) is 59.4 Å². The second-order valence-corrected chi connectivity index (χ2v) is 6.28. The molecular weight excluding hydrogens is 458 g/mol. The van der Waals surface area contributed by atoms with Gasteiger partial charge in [-0.1, -0.05) is 0 Å². The van der Waals surface area contributed by atoms with E-state index in [1.54, 1.807) is 0 Å². The molecule has 0 aliphatic heterocycles. The number of pyridine rings is 2. The third-order valence-electron chi connectivity index (χ3n) is 4.02. The Bertz CT molecular complexity index is 1240. The summed E-state index contributed by atoms with van der Waals surface area (Å²) in [5, 5.41) is 12.8. The monoisotopic (exact) mass is 468 g/mol. The van der Waals surface area contributed by atoms with Crippen molar-refractivity contribution in [2.24, 2.45) is 0 Å². The van der Waals surface area contributed by atoms with E-state index in [4.69, 9.17) is 5.26 Å². The van der Waals surface area contributed by atoms with Crippen molar-refractivity contribution < 1.29 is 35.9 Å². The minimum absolute atomic E-state index is 0.123. The zero-order chi connectivity index (χ0) is 24.4. The zero-order valence-corrected chi connectivity index (χ0v) is 16.3. The van der Waals surface area contributed by atoms with Crippen LogP contribution in [0, 0.1) is 11.3 Å². The van der Waals surface area contributed by atoms with Crippen molar-refractivity contribution in [2.75, 3.05) is 7.11 Å². The molecule has 8 nitrogen and oxygen atoms in total. The normalized spacial score (nSPS) is 12.4. The largest absolute Gasteiger partial charge is 0.465 e. The highest BCUT2D eigenvalue weighted by atomic mass is 19.4. The standard InChI is InChI=1S/C19H10F6N6O2/c1-33-17(32)13(12-2-10(5-26)6-27-7-12)8-31-9-28-16(30-31)11-3-14(18(20,21)22)29-15(4-11)19(23,24)25/h2-4,6-9H,1H3/b13-8+. The van der Waals surface area contributed by atoms with Gasteiger partial charge >= 0.3 is 18.3 Å². The lowest BCUT2D eigenvalue weighted by atomic mass is 10.1. The summed E-state index contributed by atoms with van der Waals surface area (Å²) in [6.45, 7) is 0. The number of nitriles is 1. The molecule has 0 fully saturated rings. The van der Waals surface area contributed by atoms with Crippen LogP contribution in [0.1, 0.15) is 22.5 Å². The Morgan fingerprint density at radius 1 is 1.09 bits per heavy atom. The molecule has 0 amide bonds.